The molecule has 0 saturated heterocycles. The Kier molecular flexibility index (Phi) is 5.00. The molecule has 3 heteroatoms. The van der Waals surface area contributed by atoms with Crippen LogP contribution in [0, 0.1) is 0 Å². The molecule has 0 unspecified atom stereocenters. The molecule has 0 atom stereocenters. The molecule has 0 radical (unpaired) electrons. The minimum Gasteiger partial charge on any atom is -0.309 e. The molecule has 0 saturated carbocycles. The second-order valence-electron chi connectivity index (χ2n) is 11.8. The summed E-state index contributed by atoms with van der Waals surface area (Å²) in [6, 6.07) is 59.4. The second kappa shape index (κ2) is 9.22. The average molecular weight is 574 g/mol. The normalized spacial score (nSPS) is 12.0. The first-order valence-corrected chi connectivity index (χ1v) is 15.5. The fraction of sp³-hybridized carbons (Fsp3) is 0. The van der Waals surface area contributed by atoms with Crippen LogP contribution < -0.4 is 0 Å². The summed E-state index contributed by atoms with van der Waals surface area (Å²) in [7, 11) is 0. The number of para-hydroxylation sites is 5. The lowest BCUT2D eigenvalue weighted by Crippen LogP contribution is -1.97. The van der Waals surface area contributed by atoms with E-state index < -0.39 is 0 Å². The average Bonchev–Trinajstić information content (AvgIpc) is 3.74. The summed E-state index contributed by atoms with van der Waals surface area (Å²) >= 11 is 0. The Morgan fingerprint density at radius 2 is 0.733 bits per heavy atom. The quantitative estimate of drug-likeness (QED) is 0.200. The highest BCUT2D eigenvalue weighted by Gasteiger charge is 2.21. The Morgan fingerprint density at radius 3 is 1.42 bits per heavy atom. The number of nitrogens with zero attached hydrogens (tertiary/aromatic N) is 3. The van der Waals surface area contributed by atoms with Crippen LogP contribution in [0.1, 0.15) is 0 Å². The number of fused-ring (bicyclic) bond motifs is 10. The summed E-state index contributed by atoms with van der Waals surface area (Å²) < 4.78 is 7.29. The van der Waals surface area contributed by atoms with Gasteiger partial charge in [-0.05, 0) is 60.7 Å². The van der Waals surface area contributed by atoms with E-state index in [4.69, 9.17) is 0 Å². The van der Waals surface area contributed by atoms with Crippen molar-refractivity contribution in [1.82, 2.24) is 13.7 Å². The molecular formula is C42H27N3. The lowest BCUT2D eigenvalue weighted by molar-refractivity contribution is 1.15. The molecule has 0 fully saturated rings. The van der Waals surface area contributed by atoms with Crippen LogP contribution in [0.2, 0.25) is 0 Å². The van der Waals surface area contributed by atoms with E-state index in [1.807, 2.05) is 0 Å². The molecule has 0 spiro atoms. The van der Waals surface area contributed by atoms with Gasteiger partial charge in [-0.1, -0.05) is 103 Å². The third kappa shape index (κ3) is 3.35. The molecule has 0 aliphatic rings. The summed E-state index contributed by atoms with van der Waals surface area (Å²) in [6.07, 6.45) is 0. The summed E-state index contributed by atoms with van der Waals surface area (Å²) in [4.78, 5) is 0. The predicted octanol–water partition coefficient (Wildman–Crippen LogP) is 11.0. The largest absolute Gasteiger partial charge is 0.309 e. The lowest BCUT2D eigenvalue weighted by Gasteiger charge is -2.11. The van der Waals surface area contributed by atoms with Gasteiger partial charge in [-0.25, -0.2) is 0 Å². The standard InChI is InChI=1S/C42H27N3/c1-3-13-28(14-4-1)43-36-20-10-7-17-31(36)33-24-23-30(27-40(33)43)44-38-22-12-9-19-35(38)41-39(44)26-25-34-32-18-8-11-21-37(32)45(42(34)41)29-15-5-2-6-16-29/h1-27H. The molecule has 3 nitrogen and oxygen atoms in total. The van der Waals surface area contributed by atoms with Crippen molar-refractivity contribution in [3.8, 4) is 17.1 Å². The zero-order chi connectivity index (χ0) is 29.5. The zero-order valence-electron chi connectivity index (χ0n) is 24.4. The number of benzene rings is 7. The van der Waals surface area contributed by atoms with E-state index in [2.05, 4.69) is 177 Å². The molecule has 0 amide bonds. The SMILES string of the molecule is c1ccc(-n2c3ccccc3c3ccc(-n4c5ccccc5c5c4ccc4c6ccccc6n(-c6ccccc6)c45)cc32)cc1. The molecule has 10 rings (SSSR count). The van der Waals surface area contributed by atoms with Gasteiger partial charge in [0.2, 0.25) is 0 Å². The van der Waals surface area contributed by atoms with Gasteiger partial charge < -0.3 is 13.7 Å². The number of rotatable bonds is 3. The van der Waals surface area contributed by atoms with Crippen LogP contribution in [0.5, 0.6) is 0 Å². The van der Waals surface area contributed by atoms with Crippen LogP contribution in [0.25, 0.3) is 82.5 Å². The van der Waals surface area contributed by atoms with Crippen molar-refractivity contribution in [3.05, 3.63) is 164 Å². The Hall–Kier alpha value is -6.06. The molecule has 210 valence electrons. The summed E-state index contributed by atoms with van der Waals surface area (Å²) in [5.74, 6) is 0. The highest BCUT2D eigenvalue weighted by atomic mass is 15.0. The Balaban J connectivity index is 1.35. The molecule has 0 aliphatic heterocycles. The maximum Gasteiger partial charge on any atom is 0.0641 e. The van der Waals surface area contributed by atoms with E-state index in [0.29, 0.717) is 0 Å². The highest BCUT2D eigenvalue weighted by molar-refractivity contribution is 6.26. The predicted molar refractivity (Wildman–Crippen MR) is 189 cm³/mol. The van der Waals surface area contributed by atoms with E-state index in [1.165, 1.54) is 71.1 Å². The molecule has 7 aromatic carbocycles. The maximum absolute atomic E-state index is 2.45. The third-order valence-corrected chi connectivity index (χ3v) is 9.41. The van der Waals surface area contributed by atoms with Crippen LogP contribution in [0.3, 0.4) is 0 Å². The van der Waals surface area contributed by atoms with Crippen molar-refractivity contribution >= 4 is 65.4 Å². The first kappa shape index (κ1) is 24.4. The van der Waals surface area contributed by atoms with Gasteiger partial charge in [-0.2, -0.15) is 0 Å². The van der Waals surface area contributed by atoms with Crippen LogP contribution in [-0.4, -0.2) is 13.7 Å². The molecular weight excluding hydrogens is 546 g/mol. The van der Waals surface area contributed by atoms with Crippen molar-refractivity contribution in [2.75, 3.05) is 0 Å². The molecule has 10 aromatic rings. The summed E-state index contributed by atoms with van der Waals surface area (Å²) in [5, 5.41) is 7.58. The first-order chi connectivity index (χ1) is 22.4. The van der Waals surface area contributed by atoms with E-state index in [0.717, 1.165) is 11.4 Å². The van der Waals surface area contributed by atoms with Gasteiger partial charge in [-0.3, -0.25) is 0 Å². The number of hydrogen-bond donors (Lipinski definition) is 0. The number of aromatic nitrogens is 3. The van der Waals surface area contributed by atoms with Crippen molar-refractivity contribution in [2.24, 2.45) is 0 Å². The van der Waals surface area contributed by atoms with Crippen LogP contribution >= 0.6 is 0 Å². The Morgan fingerprint density at radius 1 is 0.267 bits per heavy atom. The first-order valence-electron chi connectivity index (χ1n) is 15.5. The van der Waals surface area contributed by atoms with Gasteiger partial charge in [0.05, 0.1) is 33.1 Å². The van der Waals surface area contributed by atoms with Crippen molar-refractivity contribution in [1.29, 1.82) is 0 Å². The Labute approximate surface area is 259 Å². The molecule has 0 aliphatic carbocycles. The van der Waals surface area contributed by atoms with Gasteiger partial charge in [0.15, 0.2) is 0 Å². The van der Waals surface area contributed by atoms with E-state index in [1.54, 1.807) is 0 Å². The summed E-state index contributed by atoms with van der Waals surface area (Å²) in [6.45, 7) is 0. The summed E-state index contributed by atoms with van der Waals surface area (Å²) in [5.41, 5.74) is 10.8. The van der Waals surface area contributed by atoms with Gasteiger partial charge in [-0.15, -0.1) is 0 Å². The monoisotopic (exact) mass is 573 g/mol. The van der Waals surface area contributed by atoms with Crippen LogP contribution in [0.4, 0.5) is 0 Å². The maximum atomic E-state index is 2.45. The molecule has 45 heavy (non-hydrogen) atoms. The third-order valence-electron chi connectivity index (χ3n) is 9.41. The fourth-order valence-corrected chi connectivity index (χ4v) is 7.59. The lowest BCUT2D eigenvalue weighted by atomic mass is 10.1. The van der Waals surface area contributed by atoms with Crippen molar-refractivity contribution < 1.29 is 0 Å². The Bertz CT molecular complexity index is 2740. The van der Waals surface area contributed by atoms with E-state index in [-0.39, 0.29) is 0 Å². The van der Waals surface area contributed by atoms with Gasteiger partial charge >= 0.3 is 0 Å². The van der Waals surface area contributed by atoms with Crippen molar-refractivity contribution in [2.45, 2.75) is 0 Å². The molecule has 3 aromatic heterocycles. The van der Waals surface area contributed by atoms with Crippen molar-refractivity contribution in [3.63, 3.8) is 0 Å². The van der Waals surface area contributed by atoms with Gasteiger partial charge in [0, 0.05) is 49.4 Å². The minimum absolute atomic E-state index is 1.15. The smallest absolute Gasteiger partial charge is 0.0641 e. The highest BCUT2D eigenvalue weighted by Crippen LogP contribution is 2.42. The molecule has 3 heterocycles. The van der Waals surface area contributed by atoms with Crippen LogP contribution in [-0.2, 0) is 0 Å². The van der Waals surface area contributed by atoms with Gasteiger partial charge in [0.1, 0.15) is 0 Å². The molecule has 0 N–H and O–H groups in total. The van der Waals surface area contributed by atoms with Gasteiger partial charge in [0.25, 0.3) is 0 Å². The number of hydrogen-bond acceptors (Lipinski definition) is 0. The molecule has 0 bridgehead atoms. The van der Waals surface area contributed by atoms with Crippen LogP contribution in [0.15, 0.2) is 164 Å². The minimum atomic E-state index is 1.15. The fourth-order valence-electron chi connectivity index (χ4n) is 7.59. The van der Waals surface area contributed by atoms with E-state index in [9.17, 15) is 0 Å². The zero-order valence-corrected chi connectivity index (χ0v) is 24.4. The second-order valence-corrected chi connectivity index (χ2v) is 11.8. The topological polar surface area (TPSA) is 14.8 Å². The van der Waals surface area contributed by atoms with E-state index >= 15 is 0 Å².